The van der Waals surface area contributed by atoms with Gasteiger partial charge in [-0.25, -0.2) is 0 Å². The predicted molar refractivity (Wildman–Crippen MR) is 321 cm³/mol. The van der Waals surface area contributed by atoms with Crippen LogP contribution >= 0.6 is 0 Å². The maximum Gasteiger partial charge on any atom is 0.306 e. The Labute approximate surface area is 462 Å². The van der Waals surface area contributed by atoms with Crippen molar-refractivity contribution in [3.63, 3.8) is 0 Å². The van der Waals surface area contributed by atoms with Crippen molar-refractivity contribution in [2.24, 2.45) is 0 Å². The Morgan fingerprint density at radius 3 is 0.676 bits per heavy atom. The monoisotopic (exact) mass is 1040 g/mol. The lowest BCUT2D eigenvalue weighted by atomic mass is 10.0. The fourth-order valence-corrected chi connectivity index (χ4v) is 10.4. The van der Waals surface area contributed by atoms with Crippen LogP contribution in [0.1, 0.15) is 387 Å². The van der Waals surface area contributed by atoms with Crippen LogP contribution in [-0.4, -0.2) is 37.2 Å². The van der Waals surface area contributed by atoms with Gasteiger partial charge in [-0.3, -0.25) is 14.4 Å². The molecule has 0 radical (unpaired) electrons. The SMILES string of the molecule is CCCCCCCCC/C=C\CCCCCCCCCC(=O)OC(COC(=O)CCCCCCCCCCCCC)COC(=O)CCCCCCCCCCCCCCCCCCCCCCCCCCCCC. The van der Waals surface area contributed by atoms with E-state index in [0.29, 0.717) is 19.3 Å². The van der Waals surface area contributed by atoms with Gasteiger partial charge >= 0.3 is 17.9 Å². The van der Waals surface area contributed by atoms with Crippen molar-refractivity contribution < 1.29 is 28.6 Å². The van der Waals surface area contributed by atoms with Crippen molar-refractivity contribution in [1.29, 1.82) is 0 Å². The van der Waals surface area contributed by atoms with Gasteiger partial charge in [0.25, 0.3) is 0 Å². The lowest BCUT2D eigenvalue weighted by Crippen LogP contribution is -2.30. The number of ether oxygens (including phenoxy) is 3. The number of esters is 3. The molecule has 0 aliphatic rings. The standard InChI is InChI=1S/C68H130O6/c1-4-7-10-13-16-19-22-24-26-28-30-31-32-33-34-35-36-37-38-40-41-43-46-49-52-55-58-61-67(70)73-64-65(63-72-66(69)60-57-54-51-48-45-21-18-15-12-9-6-3)74-68(71)62-59-56-53-50-47-44-42-39-29-27-25-23-20-17-14-11-8-5-2/h27,29,65H,4-26,28,30-64H2,1-3H3/b29-27-. The lowest BCUT2D eigenvalue weighted by molar-refractivity contribution is -0.167. The van der Waals surface area contributed by atoms with E-state index in [1.165, 1.54) is 289 Å². The van der Waals surface area contributed by atoms with E-state index in [2.05, 4.69) is 32.9 Å². The van der Waals surface area contributed by atoms with Crippen molar-refractivity contribution in [1.82, 2.24) is 0 Å². The van der Waals surface area contributed by atoms with Gasteiger partial charge in [0.2, 0.25) is 0 Å². The summed E-state index contributed by atoms with van der Waals surface area (Å²) in [5.41, 5.74) is 0. The second-order valence-corrected chi connectivity index (χ2v) is 23.1. The zero-order chi connectivity index (χ0) is 53.6. The van der Waals surface area contributed by atoms with E-state index < -0.39 is 6.10 Å². The number of hydrogen-bond donors (Lipinski definition) is 0. The summed E-state index contributed by atoms with van der Waals surface area (Å²) in [7, 11) is 0. The topological polar surface area (TPSA) is 78.9 Å². The molecule has 0 aromatic carbocycles. The summed E-state index contributed by atoms with van der Waals surface area (Å²) < 4.78 is 16.9. The van der Waals surface area contributed by atoms with Crippen LogP contribution in [0.5, 0.6) is 0 Å². The van der Waals surface area contributed by atoms with Gasteiger partial charge in [-0.2, -0.15) is 0 Å². The van der Waals surface area contributed by atoms with Crippen LogP contribution in [0, 0.1) is 0 Å². The zero-order valence-corrected chi connectivity index (χ0v) is 50.4. The van der Waals surface area contributed by atoms with Gasteiger partial charge in [-0.05, 0) is 44.9 Å². The molecule has 0 saturated heterocycles. The first-order chi connectivity index (χ1) is 36.5. The first-order valence-corrected chi connectivity index (χ1v) is 33.7. The van der Waals surface area contributed by atoms with E-state index in [0.717, 1.165) is 57.8 Å². The van der Waals surface area contributed by atoms with Gasteiger partial charge < -0.3 is 14.2 Å². The summed E-state index contributed by atoms with van der Waals surface area (Å²) in [4.78, 5) is 38.3. The highest BCUT2D eigenvalue weighted by molar-refractivity contribution is 5.71. The molecule has 6 heteroatoms. The fraction of sp³-hybridized carbons (Fsp3) is 0.926. The molecule has 1 unspecified atom stereocenters. The zero-order valence-electron chi connectivity index (χ0n) is 50.4. The minimum Gasteiger partial charge on any atom is -0.462 e. The van der Waals surface area contributed by atoms with Crippen LogP contribution in [0.15, 0.2) is 12.2 Å². The number of rotatable bonds is 63. The highest BCUT2D eigenvalue weighted by atomic mass is 16.6. The second kappa shape index (κ2) is 63.7. The Hall–Kier alpha value is -1.85. The highest BCUT2D eigenvalue weighted by Crippen LogP contribution is 2.19. The number of allylic oxidation sites excluding steroid dienone is 2. The fourth-order valence-electron chi connectivity index (χ4n) is 10.4. The summed E-state index contributed by atoms with van der Waals surface area (Å²) in [6.07, 6.45) is 75.3. The second-order valence-electron chi connectivity index (χ2n) is 23.1. The first-order valence-electron chi connectivity index (χ1n) is 33.7. The van der Waals surface area contributed by atoms with Gasteiger partial charge in [0.1, 0.15) is 13.2 Å². The van der Waals surface area contributed by atoms with Crippen LogP contribution in [-0.2, 0) is 28.6 Å². The molecule has 0 aromatic heterocycles. The molecule has 0 aliphatic carbocycles. The molecule has 0 amide bonds. The molecule has 0 fully saturated rings. The minimum absolute atomic E-state index is 0.0654. The van der Waals surface area contributed by atoms with E-state index in [-0.39, 0.29) is 31.1 Å². The van der Waals surface area contributed by atoms with Crippen LogP contribution in [0.3, 0.4) is 0 Å². The molecule has 0 rings (SSSR count). The normalized spacial score (nSPS) is 12.0. The maximum atomic E-state index is 12.9. The molecule has 0 N–H and O–H groups in total. The van der Waals surface area contributed by atoms with E-state index >= 15 is 0 Å². The molecular weight excluding hydrogens is 913 g/mol. The Bertz CT molecular complexity index is 1150. The Kier molecular flexibility index (Phi) is 62.1. The van der Waals surface area contributed by atoms with Gasteiger partial charge in [0.05, 0.1) is 0 Å². The quantitative estimate of drug-likeness (QED) is 0.0261. The van der Waals surface area contributed by atoms with Crippen molar-refractivity contribution in [3.05, 3.63) is 12.2 Å². The maximum absolute atomic E-state index is 12.9. The molecule has 0 aromatic rings. The molecule has 0 aliphatic heterocycles. The van der Waals surface area contributed by atoms with Crippen LogP contribution < -0.4 is 0 Å². The molecule has 0 spiro atoms. The predicted octanol–water partition coefficient (Wildman–Crippen LogP) is 22.8. The van der Waals surface area contributed by atoms with Crippen LogP contribution in [0.2, 0.25) is 0 Å². The summed E-state index contributed by atoms with van der Waals surface area (Å²) in [5.74, 6) is -0.840. The van der Waals surface area contributed by atoms with E-state index in [4.69, 9.17) is 14.2 Å². The molecule has 1 atom stereocenters. The third-order valence-corrected chi connectivity index (χ3v) is 15.5. The smallest absolute Gasteiger partial charge is 0.306 e. The molecule has 0 bridgehead atoms. The molecular formula is C68H130O6. The minimum atomic E-state index is -0.767. The average molecular weight is 1040 g/mol. The third kappa shape index (κ3) is 61.0. The van der Waals surface area contributed by atoms with Gasteiger partial charge in [0.15, 0.2) is 6.10 Å². The number of unbranched alkanes of at least 4 members (excludes halogenated alkanes) is 50. The molecule has 0 heterocycles. The summed E-state index contributed by atoms with van der Waals surface area (Å²) in [5, 5.41) is 0. The number of carbonyl (C=O) groups is 3. The van der Waals surface area contributed by atoms with Crippen LogP contribution in [0.4, 0.5) is 0 Å². The highest BCUT2D eigenvalue weighted by Gasteiger charge is 2.19. The van der Waals surface area contributed by atoms with E-state index in [1.54, 1.807) is 0 Å². The first kappa shape index (κ1) is 72.2. The Morgan fingerprint density at radius 2 is 0.446 bits per heavy atom. The Balaban J connectivity index is 4.14. The molecule has 0 saturated carbocycles. The average Bonchev–Trinajstić information content (AvgIpc) is 3.40. The number of carbonyl (C=O) groups excluding carboxylic acids is 3. The van der Waals surface area contributed by atoms with Crippen molar-refractivity contribution >= 4 is 17.9 Å². The molecule has 74 heavy (non-hydrogen) atoms. The van der Waals surface area contributed by atoms with E-state index in [9.17, 15) is 14.4 Å². The molecule has 6 nitrogen and oxygen atoms in total. The van der Waals surface area contributed by atoms with Crippen molar-refractivity contribution in [2.45, 2.75) is 393 Å². The lowest BCUT2D eigenvalue weighted by Gasteiger charge is -2.18. The van der Waals surface area contributed by atoms with Crippen molar-refractivity contribution in [3.8, 4) is 0 Å². The summed E-state index contributed by atoms with van der Waals surface area (Å²) in [6.45, 7) is 6.70. The number of hydrogen-bond acceptors (Lipinski definition) is 6. The van der Waals surface area contributed by atoms with Crippen molar-refractivity contribution in [2.75, 3.05) is 13.2 Å². The largest absolute Gasteiger partial charge is 0.462 e. The Morgan fingerprint density at radius 1 is 0.257 bits per heavy atom. The van der Waals surface area contributed by atoms with Gasteiger partial charge in [-0.1, -0.05) is 335 Å². The van der Waals surface area contributed by atoms with Gasteiger partial charge in [-0.15, -0.1) is 0 Å². The summed E-state index contributed by atoms with van der Waals surface area (Å²) >= 11 is 0. The van der Waals surface area contributed by atoms with E-state index in [1.807, 2.05) is 0 Å². The van der Waals surface area contributed by atoms with Crippen LogP contribution in [0.25, 0.3) is 0 Å². The molecule has 438 valence electrons. The van der Waals surface area contributed by atoms with Gasteiger partial charge in [0, 0.05) is 19.3 Å². The third-order valence-electron chi connectivity index (χ3n) is 15.5. The summed E-state index contributed by atoms with van der Waals surface area (Å²) in [6, 6.07) is 0.